The maximum atomic E-state index is 12.7. The number of amides is 1. The van der Waals surface area contributed by atoms with Crippen LogP contribution < -0.4 is 14.8 Å². The van der Waals surface area contributed by atoms with Crippen molar-refractivity contribution in [3.63, 3.8) is 0 Å². The molecule has 33 heavy (non-hydrogen) atoms. The number of anilines is 1. The summed E-state index contributed by atoms with van der Waals surface area (Å²) in [5, 5.41) is 12.9. The third kappa shape index (κ3) is 6.15. The van der Waals surface area contributed by atoms with Crippen LogP contribution in [0.1, 0.15) is 27.8 Å². The zero-order valence-corrected chi connectivity index (χ0v) is 19.8. The van der Waals surface area contributed by atoms with Gasteiger partial charge >= 0.3 is 0 Å². The predicted molar refractivity (Wildman–Crippen MR) is 132 cm³/mol. The number of aryl methyl sites for hydroxylation is 3. The number of hydrogen-bond acceptors (Lipinski definition) is 4. The number of methoxy groups -OCH3 is 1. The summed E-state index contributed by atoms with van der Waals surface area (Å²) in [6.07, 6.45) is 1.50. The highest BCUT2D eigenvalue weighted by Crippen LogP contribution is 2.28. The van der Waals surface area contributed by atoms with E-state index in [2.05, 4.69) is 31.3 Å². The van der Waals surface area contributed by atoms with Gasteiger partial charge in [-0.25, -0.2) is 0 Å². The minimum atomic E-state index is -0.534. The highest BCUT2D eigenvalue weighted by molar-refractivity contribution is 6.31. The van der Waals surface area contributed by atoms with E-state index in [4.69, 9.17) is 21.1 Å². The predicted octanol–water partition coefficient (Wildman–Crippen LogP) is 6.40. The molecule has 0 aliphatic heterocycles. The normalized spacial score (nSPS) is 11.0. The molecule has 0 aliphatic rings. The summed E-state index contributed by atoms with van der Waals surface area (Å²) in [5.41, 5.74) is 5.35. The lowest BCUT2D eigenvalue weighted by Gasteiger charge is -2.13. The highest BCUT2D eigenvalue weighted by atomic mass is 35.5. The van der Waals surface area contributed by atoms with Gasteiger partial charge in [-0.1, -0.05) is 35.9 Å². The van der Waals surface area contributed by atoms with E-state index in [9.17, 15) is 10.1 Å². The van der Waals surface area contributed by atoms with Crippen molar-refractivity contribution in [1.29, 1.82) is 5.26 Å². The van der Waals surface area contributed by atoms with Crippen molar-refractivity contribution < 1.29 is 14.3 Å². The minimum Gasteiger partial charge on any atom is -0.497 e. The van der Waals surface area contributed by atoms with Crippen LogP contribution in [0, 0.1) is 32.1 Å². The Labute approximate surface area is 199 Å². The van der Waals surface area contributed by atoms with Gasteiger partial charge < -0.3 is 14.8 Å². The van der Waals surface area contributed by atoms with Crippen molar-refractivity contribution in [2.24, 2.45) is 0 Å². The van der Waals surface area contributed by atoms with E-state index in [1.165, 1.54) is 17.2 Å². The Hall–Kier alpha value is -3.75. The molecular formula is C27H25ClN2O3. The number of halogens is 1. The average Bonchev–Trinajstić information content (AvgIpc) is 2.80. The van der Waals surface area contributed by atoms with Gasteiger partial charge in [0.2, 0.25) is 0 Å². The molecule has 1 amide bonds. The maximum absolute atomic E-state index is 12.7. The topological polar surface area (TPSA) is 71.3 Å². The van der Waals surface area contributed by atoms with Crippen LogP contribution in [0.2, 0.25) is 5.02 Å². The third-order valence-corrected chi connectivity index (χ3v) is 5.69. The van der Waals surface area contributed by atoms with Crippen molar-refractivity contribution in [2.45, 2.75) is 27.4 Å². The monoisotopic (exact) mass is 460 g/mol. The van der Waals surface area contributed by atoms with Crippen molar-refractivity contribution >= 4 is 29.3 Å². The molecule has 0 unspecified atom stereocenters. The summed E-state index contributed by atoms with van der Waals surface area (Å²) >= 11 is 6.13. The van der Waals surface area contributed by atoms with Crippen LogP contribution in [-0.2, 0) is 11.4 Å². The standard InChI is InChI=1S/C27H25ClN2O3/c1-17-5-7-20(11-19(17)3)16-33-26-14-24(32-4)10-8-21(26)12-22(15-29)27(31)30-23-9-6-18(2)25(28)13-23/h5-14H,16H2,1-4H3,(H,30,31)/b22-12+. The van der Waals surface area contributed by atoms with Crippen LogP contribution in [0.4, 0.5) is 5.69 Å². The Bertz CT molecular complexity index is 1260. The molecule has 168 valence electrons. The number of benzene rings is 3. The largest absolute Gasteiger partial charge is 0.497 e. The van der Waals surface area contributed by atoms with Gasteiger partial charge in [-0.15, -0.1) is 0 Å². The lowest BCUT2D eigenvalue weighted by molar-refractivity contribution is -0.112. The molecule has 0 radical (unpaired) electrons. The van der Waals surface area contributed by atoms with Crippen molar-refractivity contribution in [3.05, 3.63) is 93.0 Å². The fourth-order valence-electron chi connectivity index (χ4n) is 3.11. The molecule has 3 aromatic rings. The summed E-state index contributed by atoms with van der Waals surface area (Å²) in [5.74, 6) is 0.583. The lowest BCUT2D eigenvalue weighted by atomic mass is 10.1. The second kappa shape index (κ2) is 10.7. The van der Waals surface area contributed by atoms with E-state index < -0.39 is 5.91 Å². The van der Waals surface area contributed by atoms with Gasteiger partial charge in [0.25, 0.3) is 5.91 Å². The van der Waals surface area contributed by atoms with Crippen LogP contribution in [0.15, 0.2) is 60.2 Å². The molecule has 0 bridgehead atoms. The van der Waals surface area contributed by atoms with Crippen molar-refractivity contribution in [3.8, 4) is 17.6 Å². The molecule has 0 aliphatic carbocycles. The molecule has 0 atom stereocenters. The van der Waals surface area contributed by atoms with Crippen LogP contribution in [0.25, 0.3) is 6.08 Å². The van der Waals surface area contributed by atoms with E-state index in [0.717, 1.165) is 11.1 Å². The van der Waals surface area contributed by atoms with Gasteiger partial charge in [0, 0.05) is 22.3 Å². The highest BCUT2D eigenvalue weighted by Gasteiger charge is 2.13. The van der Waals surface area contributed by atoms with E-state index in [1.54, 1.807) is 43.5 Å². The van der Waals surface area contributed by atoms with Crippen LogP contribution in [0.5, 0.6) is 11.5 Å². The number of nitrogens with one attached hydrogen (secondary N) is 1. The molecule has 6 heteroatoms. The first kappa shape index (κ1) is 23.9. The number of rotatable bonds is 7. The van der Waals surface area contributed by atoms with E-state index in [-0.39, 0.29) is 5.57 Å². The smallest absolute Gasteiger partial charge is 0.266 e. The van der Waals surface area contributed by atoms with Crippen molar-refractivity contribution in [1.82, 2.24) is 0 Å². The Kier molecular flexibility index (Phi) is 7.76. The molecule has 0 saturated heterocycles. The summed E-state index contributed by atoms with van der Waals surface area (Å²) < 4.78 is 11.4. The Balaban J connectivity index is 1.86. The van der Waals surface area contributed by atoms with E-state index in [0.29, 0.717) is 34.4 Å². The Morgan fingerprint density at radius 1 is 1.03 bits per heavy atom. The van der Waals surface area contributed by atoms with Gasteiger partial charge in [0.15, 0.2) is 0 Å². The first-order valence-corrected chi connectivity index (χ1v) is 10.7. The molecule has 0 aromatic heterocycles. The summed E-state index contributed by atoms with van der Waals surface area (Å²) in [6.45, 7) is 6.32. The lowest BCUT2D eigenvalue weighted by Crippen LogP contribution is -2.13. The first-order valence-electron chi connectivity index (χ1n) is 10.4. The number of carbonyl (C=O) groups is 1. The fraction of sp³-hybridized carbons (Fsp3) is 0.185. The van der Waals surface area contributed by atoms with E-state index >= 15 is 0 Å². The third-order valence-electron chi connectivity index (χ3n) is 5.28. The molecule has 5 nitrogen and oxygen atoms in total. The van der Waals surface area contributed by atoms with Crippen LogP contribution >= 0.6 is 11.6 Å². The van der Waals surface area contributed by atoms with Crippen LogP contribution in [0.3, 0.4) is 0 Å². The van der Waals surface area contributed by atoms with Gasteiger partial charge in [0.05, 0.1) is 7.11 Å². The fourth-order valence-corrected chi connectivity index (χ4v) is 3.29. The first-order chi connectivity index (χ1) is 15.8. The van der Waals surface area contributed by atoms with Gasteiger partial charge in [0.1, 0.15) is 29.7 Å². The number of ether oxygens (including phenoxy) is 2. The average molecular weight is 461 g/mol. The quantitative estimate of drug-likeness (QED) is 0.327. The minimum absolute atomic E-state index is 0.0621. The number of carbonyl (C=O) groups excluding carboxylic acids is 1. The molecule has 0 fully saturated rings. The summed E-state index contributed by atoms with van der Waals surface area (Å²) in [7, 11) is 1.57. The van der Waals surface area contributed by atoms with E-state index in [1.807, 2.05) is 19.1 Å². The maximum Gasteiger partial charge on any atom is 0.266 e. The SMILES string of the molecule is COc1ccc(/C=C(\C#N)C(=O)Nc2ccc(C)c(Cl)c2)c(OCc2ccc(C)c(C)c2)c1. The van der Waals surface area contributed by atoms with Gasteiger partial charge in [-0.05, 0) is 73.4 Å². The molecular weight excluding hydrogens is 436 g/mol. The summed E-state index contributed by atoms with van der Waals surface area (Å²) in [4.78, 5) is 12.7. The number of nitriles is 1. The molecule has 0 saturated carbocycles. The van der Waals surface area contributed by atoms with Crippen molar-refractivity contribution in [2.75, 3.05) is 12.4 Å². The molecule has 1 N–H and O–H groups in total. The molecule has 3 aromatic carbocycles. The molecule has 0 heterocycles. The van der Waals surface area contributed by atoms with Gasteiger partial charge in [-0.2, -0.15) is 5.26 Å². The Morgan fingerprint density at radius 3 is 2.45 bits per heavy atom. The van der Waals surface area contributed by atoms with Crippen LogP contribution in [-0.4, -0.2) is 13.0 Å². The second-order valence-corrected chi connectivity index (χ2v) is 8.11. The summed E-state index contributed by atoms with van der Waals surface area (Å²) in [6, 6.07) is 18.5. The van der Waals surface area contributed by atoms with Gasteiger partial charge in [-0.3, -0.25) is 4.79 Å². The molecule has 0 spiro atoms. The zero-order valence-electron chi connectivity index (χ0n) is 19.0. The second-order valence-electron chi connectivity index (χ2n) is 7.70. The zero-order chi connectivity index (χ0) is 24.0. The Morgan fingerprint density at radius 2 is 1.79 bits per heavy atom. The number of hydrogen-bond donors (Lipinski definition) is 1. The molecule has 3 rings (SSSR count). The number of nitrogens with zero attached hydrogens (tertiary/aromatic N) is 1.